The molecule has 6 heteroatoms. The van der Waals surface area contributed by atoms with Crippen LogP contribution >= 0.6 is 0 Å². The summed E-state index contributed by atoms with van der Waals surface area (Å²) in [5.41, 5.74) is 1.64. The molecule has 0 radical (unpaired) electrons. The van der Waals surface area contributed by atoms with Gasteiger partial charge in [-0.05, 0) is 56.0 Å². The Labute approximate surface area is 141 Å². The van der Waals surface area contributed by atoms with Crippen molar-refractivity contribution < 1.29 is 9.53 Å². The maximum Gasteiger partial charge on any atom is 0.321 e. The number of ether oxygens (including phenoxy) is 1. The molecule has 0 aliphatic heterocycles. The molecule has 24 heavy (non-hydrogen) atoms. The van der Waals surface area contributed by atoms with Gasteiger partial charge in [0.15, 0.2) is 0 Å². The lowest BCUT2D eigenvalue weighted by molar-refractivity contribution is 0.249. The second kappa shape index (κ2) is 7.59. The van der Waals surface area contributed by atoms with Gasteiger partial charge < -0.3 is 15.4 Å². The number of anilines is 1. The minimum Gasteiger partial charge on any atom is -0.424 e. The topological polar surface area (TPSA) is 76.1 Å². The third-order valence-corrected chi connectivity index (χ3v) is 3.77. The van der Waals surface area contributed by atoms with Gasteiger partial charge in [0.2, 0.25) is 0 Å². The molecule has 0 spiro atoms. The van der Waals surface area contributed by atoms with Crippen LogP contribution in [0, 0.1) is 6.92 Å². The number of nitrogens with one attached hydrogen (secondary N) is 2. The molecule has 1 heterocycles. The molecular formula is C18H20N4O2. The molecule has 2 N–H and O–H groups in total. The first-order valence-electron chi connectivity index (χ1n) is 8.00. The van der Waals surface area contributed by atoms with Crippen LogP contribution in [-0.4, -0.2) is 22.0 Å². The molecule has 1 aliphatic carbocycles. The predicted molar refractivity (Wildman–Crippen MR) is 92.2 cm³/mol. The molecule has 124 valence electrons. The highest BCUT2D eigenvalue weighted by Crippen LogP contribution is 2.24. The van der Waals surface area contributed by atoms with Gasteiger partial charge in [0.25, 0.3) is 0 Å². The quantitative estimate of drug-likeness (QED) is 0.839. The van der Waals surface area contributed by atoms with Crippen LogP contribution in [0.25, 0.3) is 0 Å². The summed E-state index contributed by atoms with van der Waals surface area (Å²) >= 11 is 0. The van der Waals surface area contributed by atoms with Crippen molar-refractivity contribution in [2.45, 2.75) is 32.2 Å². The van der Waals surface area contributed by atoms with Gasteiger partial charge in [-0.3, -0.25) is 0 Å². The summed E-state index contributed by atoms with van der Waals surface area (Å²) in [7, 11) is 0. The Morgan fingerprint density at radius 3 is 2.83 bits per heavy atom. The standard InChI is InChI=1S/C18H20N4O2/c1-13-12-15(24-18-19-10-5-11-20-18)8-9-16(13)22-17(23)21-14-6-3-2-4-7-14/h3,5-6,8-12,14H,2,4,7H2,1H3,(H2,21,22,23)/t14-/m1/s1. The molecule has 0 bridgehead atoms. The van der Waals surface area contributed by atoms with E-state index >= 15 is 0 Å². The highest BCUT2D eigenvalue weighted by atomic mass is 16.5. The van der Waals surface area contributed by atoms with Crippen LogP contribution in [0.1, 0.15) is 24.8 Å². The average Bonchev–Trinajstić information content (AvgIpc) is 2.59. The fourth-order valence-corrected chi connectivity index (χ4v) is 2.54. The first-order chi connectivity index (χ1) is 11.7. The van der Waals surface area contributed by atoms with E-state index in [4.69, 9.17) is 4.74 Å². The molecule has 6 nitrogen and oxygen atoms in total. The first kappa shape index (κ1) is 16.0. The Morgan fingerprint density at radius 2 is 2.12 bits per heavy atom. The zero-order valence-corrected chi connectivity index (χ0v) is 13.5. The molecule has 3 rings (SSSR count). The smallest absolute Gasteiger partial charge is 0.321 e. The fraction of sp³-hybridized carbons (Fsp3) is 0.278. The fourth-order valence-electron chi connectivity index (χ4n) is 2.54. The molecule has 1 atom stereocenters. The molecular weight excluding hydrogens is 304 g/mol. The van der Waals surface area contributed by atoms with Crippen LogP contribution in [0.15, 0.2) is 48.8 Å². The number of carbonyl (C=O) groups excluding carboxylic acids is 1. The van der Waals surface area contributed by atoms with Crippen molar-refractivity contribution in [2.75, 3.05) is 5.32 Å². The predicted octanol–water partition coefficient (Wildman–Crippen LogP) is 3.81. The number of hydrogen-bond acceptors (Lipinski definition) is 4. The summed E-state index contributed by atoms with van der Waals surface area (Å²) in [6, 6.07) is 7.35. The van der Waals surface area contributed by atoms with Gasteiger partial charge in [-0.15, -0.1) is 0 Å². The Balaban J connectivity index is 1.61. The van der Waals surface area contributed by atoms with E-state index in [-0.39, 0.29) is 12.1 Å². The van der Waals surface area contributed by atoms with Crippen molar-refractivity contribution in [3.63, 3.8) is 0 Å². The number of carbonyl (C=O) groups is 1. The first-order valence-corrected chi connectivity index (χ1v) is 8.00. The number of hydrogen-bond donors (Lipinski definition) is 2. The number of aromatic nitrogens is 2. The van der Waals surface area contributed by atoms with Crippen molar-refractivity contribution in [3.8, 4) is 11.8 Å². The number of amides is 2. The number of allylic oxidation sites excluding steroid dienone is 1. The highest BCUT2D eigenvalue weighted by Gasteiger charge is 2.12. The van der Waals surface area contributed by atoms with Crippen LogP contribution in [-0.2, 0) is 0 Å². The Kier molecular flexibility index (Phi) is 5.05. The monoisotopic (exact) mass is 324 g/mol. The van der Waals surface area contributed by atoms with Crippen molar-refractivity contribution in [1.82, 2.24) is 15.3 Å². The largest absolute Gasteiger partial charge is 0.424 e. The van der Waals surface area contributed by atoms with Crippen LogP contribution in [0.2, 0.25) is 0 Å². The van der Waals surface area contributed by atoms with Crippen molar-refractivity contribution in [1.29, 1.82) is 0 Å². The van der Waals surface area contributed by atoms with Gasteiger partial charge in [-0.25, -0.2) is 14.8 Å². The normalized spacial score (nSPS) is 16.5. The Bertz CT molecular complexity index is 731. The Hall–Kier alpha value is -2.89. The van der Waals surface area contributed by atoms with E-state index in [2.05, 4.69) is 26.7 Å². The number of aryl methyl sites for hydroxylation is 1. The third-order valence-electron chi connectivity index (χ3n) is 3.77. The summed E-state index contributed by atoms with van der Waals surface area (Å²) < 4.78 is 5.58. The summed E-state index contributed by atoms with van der Waals surface area (Å²) in [6.45, 7) is 1.91. The van der Waals surface area contributed by atoms with Crippen LogP contribution in [0.3, 0.4) is 0 Å². The summed E-state index contributed by atoms with van der Waals surface area (Å²) in [6.07, 6.45) is 10.6. The highest BCUT2D eigenvalue weighted by molar-refractivity contribution is 5.90. The maximum atomic E-state index is 12.1. The minimum absolute atomic E-state index is 0.108. The summed E-state index contributed by atoms with van der Waals surface area (Å²) in [5.74, 6) is 0.625. The molecule has 0 saturated carbocycles. The lowest BCUT2D eigenvalue weighted by atomic mass is 10.0. The molecule has 0 unspecified atom stereocenters. The van der Waals surface area contributed by atoms with E-state index in [0.717, 1.165) is 30.5 Å². The van der Waals surface area contributed by atoms with Crippen molar-refractivity contribution in [2.24, 2.45) is 0 Å². The summed E-state index contributed by atoms with van der Waals surface area (Å²) in [4.78, 5) is 20.1. The zero-order chi connectivity index (χ0) is 16.8. The van der Waals surface area contributed by atoms with E-state index in [1.54, 1.807) is 24.5 Å². The molecule has 2 aromatic rings. The van der Waals surface area contributed by atoms with Gasteiger partial charge in [0.05, 0.1) is 0 Å². The number of benzene rings is 1. The summed E-state index contributed by atoms with van der Waals surface area (Å²) in [5, 5.41) is 5.84. The van der Waals surface area contributed by atoms with Gasteiger partial charge in [0, 0.05) is 24.1 Å². The van der Waals surface area contributed by atoms with E-state index in [1.807, 2.05) is 25.1 Å². The maximum absolute atomic E-state index is 12.1. The van der Waals surface area contributed by atoms with Crippen LogP contribution in [0.5, 0.6) is 11.8 Å². The SMILES string of the molecule is Cc1cc(Oc2ncccn2)ccc1NC(=O)N[C@@H]1C=CCCC1. The molecule has 0 saturated heterocycles. The molecule has 0 fully saturated rings. The van der Waals surface area contributed by atoms with Crippen LogP contribution in [0.4, 0.5) is 10.5 Å². The molecule has 2 amide bonds. The lowest BCUT2D eigenvalue weighted by Gasteiger charge is -2.19. The molecule has 1 aromatic heterocycles. The second-order valence-electron chi connectivity index (χ2n) is 5.67. The van der Waals surface area contributed by atoms with Crippen molar-refractivity contribution in [3.05, 3.63) is 54.4 Å². The Morgan fingerprint density at radius 1 is 1.29 bits per heavy atom. The van der Waals surface area contributed by atoms with Gasteiger partial charge in [-0.2, -0.15) is 0 Å². The second-order valence-corrected chi connectivity index (χ2v) is 5.67. The third kappa shape index (κ3) is 4.32. The van der Waals surface area contributed by atoms with E-state index in [9.17, 15) is 4.79 Å². The van der Waals surface area contributed by atoms with Gasteiger partial charge >= 0.3 is 12.0 Å². The minimum atomic E-state index is -0.199. The lowest BCUT2D eigenvalue weighted by Crippen LogP contribution is -2.37. The molecule has 1 aromatic carbocycles. The number of rotatable bonds is 4. The number of urea groups is 1. The van der Waals surface area contributed by atoms with Crippen molar-refractivity contribution >= 4 is 11.7 Å². The van der Waals surface area contributed by atoms with Crippen LogP contribution < -0.4 is 15.4 Å². The van der Waals surface area contributed by atoms with Gasteiger partial charge in [-0.1, -0.05) is 12.2 Å². The zero-order valence-electron chi connectivity index (χ0n) is 13.5. The number of nitrogens with zero attached hydrogens (tertiary/aromatic N) is 2. The van der Waals surface area contributed by atoms with Gasteiger partial charge in [0.1, 0.15) is 5.75 Å². The van der Waals surface area contributed by atoms with E-state index < -0.39 is 0 Å². The average molecular weight is 324 g/mol. The van der Waals surface area contributed by atoms with E-state index in [0.29, 0.717) is 11.8 Å². The molecule has 1 aliphatic rings. The van der Waals surface area contributed by atoms with E-state index in [1.165, 1.54) is 0 Å².